The number of aromatic nitrogens is 1. The fourth-order valence-corrected chi connectivity index (χ4v) is 2.61. The second-order valence-electron chi connectivity index (χ2n) is 5.58. The van der Waals surface area contributed by atoms with Crippen molar-refractivity contribution in [2.75, 3.05) is 11.9 Å². The molecule has 6 nitrogen and oxygen atoms in total. The molecule has 1 aliphatic rings. The number of pyridine rings is 1. The average molecular weight is 366 g/mol. The number of amides is 1. The third-order valence-corrected chi connectivity index (χ3v) is 3.92. The second-order valence-corrected chi connectivity index (χ2v) is 5.58. The number of nitrogens with zero attached hydrogens (tertiary/aromatic N) is 1. The lowest BCUT2D eigenvalue weighted by atomic mass is 10.1. The van der Waals surface area contributed by atoms with Crippen LogP contribution < -0.4 is 10.6 Å². The third kappa shape index (κ3) is 4.32. The number of carbonyl (C=O) groups excluding carboxylic acids is 1. The van der Waals surface area contributed by atoms with Crippen LogP contribution in [0, 0.1) is 5.82 Å². The molecule has 25 heavy (non-hydrogen) atoms. The van der Waals surface area contributed by atoms with E-state index in [1.165, 1.54) is 24.4 Å². The normalized spacial score (nSPS) is 16.1. The van der Waals surface area contributed by atoms with Crippen LogP contribution in [0.1, 0.15) is 23.2 Å². The molecule has 1 saturated heterocycles. The lowest BCUT2D eigenvalue weighted by Crippen LogP contribution is -2.35. The van der Waals surface area contributed by atoms with E-state index >= 15 is 0 Å². The maximum absolute atomic E-state index is 14.2. The fraction of sp³-hybridized carbons (Fsp3) is 0.235. The van der Waals surface area contributed by atoms with Gasteiger partial charge in [0.2, 0.25) is 5.91 Å². The van der Waals surface area contributed by atoms with Crippen molar-refractivity contribution in [3.05, 3.63) is 47.9 Å². The molecular formula is C17H17ClFN3O3. The summed E-state index contributed by atoms with van der Waals surface area (Å²) < 4.78 is 14.2. The number of halogens is 2. The highest BCUT2D eigenvalue weighted by Gasteiger charge is 2.23. The van der Waals surface area contributed by atoms with E-state index in [0.29, 0.717) is 11.1 Å². The van der Waals surface area contributed by atoms with Crippen LogP contribution in [0.3, 0.4) is 0 Å². The van der Waals surface area contributed by atoms with E-state index in [4.69, 9.17) is 5.11 Å². The Kier molecular flexibility index (Phi) is 6.06. The maximum Gasteiger partial charge on any atom is 0.335 e. The van der Waals surface area contributed by atoms with Gasteiger partial charge in [0.05, 0.1) is 11.6 Å². The molecule has 0 aliphatic carbocycles. The Balaban J connectivity index is 0.00000225. The van der Waals surface area contributed by atoms with Crippen LogP contribution in [0.2, 0.25) is 0 Å². The second kappa shape index (κ2) is 8.04. The van der Waals surface area contributed by atoms with Gasteiger partial charge in [0.1, 0.15) is 0 Å². The van der Waals surface area contributed by atoms with Crippen LogP contribution in [0.5, 0.6) is 0 Å². The number of carbonyl (C=O) groups is 2. The third-order valence-electron chi connectivity index (χ3n) is 3.92. The fourth-order valence-electron chi connectivity index (χ4n) is 2.61. The predicted octanol–water partition coefficient (Wildman–Crippen LogP) is 2.70. The first-order chi connectivity index (χ1) is 11.5. The number of anilines is 1. The zero-order valence-electron chi connectivity index (χ0n) is 13.2. The molecule has 0 unspecified atom stereocenters. The summed E-state index contributed by atoms with van der Waals surface area (Å²) in [5, 5.41) is 14.4. The highest BCUT2D eigenvalue weighted by Crippen LogP contribution is 2.23. The Bertz CT molecular complexity index is 777. The molecule has 2 heterocycles. The minimum atomic E-state index is -1.02. The summed E-state index contributed by atoms with van der Waals surface area (Å²) in [6.07, 6.45) is 3.08. The van der Waals surface area contributed by atoms with Crippen molar-refractivity contribution in [3.63, 3.8) is 0 Å². The maximum atomic E-state index is 14.2. The molecule has 2 aromatic rings. The Morgan fingerprint density at radius 1 is 1.24 bits per heavy atom. The lowest BCUT2D eigenvalue weighted by molar-refractivity contribution is -0.117. The Morgan fingerprint density at radius 3 is 2.52 bits per heavy atom. The van der Waals surface area contributed by atoms with E-state index < -0.39 is 11.8 Å². The SMILES string of the molecule is Cl.O=C(O)c1ccc(-c2cnc(NC(=O)[C@H]3CCCN3)c(F)c2)cc1. The Labute approximate surface area is 149 Å². The van der Waals surface area contributed by atoms with Gasteiger partial charge in [-0.05, 0) is 43.1 Å². The van der Waals surface area contributed by atoms with Gasteiger partial charge >= 0.3 is 5.97 Å². The van der Waals surface area contributed by atoms with Crippen molar-refractivity contribution in [2.24, 2.45) is 0 Å². The summed E-state index contributed by atoms with van der Waals surface area (Å²) in [5.41, 5.74) is 1.29. The van der Waals surface area contributed by atoms with Crippen molar-refractivity contribution in [1.82, 2.24) is 10.3 Å². The van der Waals surface area contributed by atoms with Crippen LogP contribution in [-0.4, -0.2) is 34.6 Å². The topological polar surface area (TPSA) is 91.3 Å². The Hall–Kier alpha value is -2.51. The largest absolute Gasteiger partial charge is 0.478 e. The van der Waals surface area contributed by atoms with Crippen molar-refractivity contribution < 1.29 is 19.1 Å². The van der Waals surface area contributed by atoms with Gasteiger partial charge in [0.25, 0.3) is 0 Å². The molecule has 1 aromatic carbocycles. The molecule has 132 valence electrons. The number of hydrogen-bond donors (Lipinski definition) is 3. The van der Waals surface area contributed by atoms with Crippen molar-refractivity contribution in [2.45, 2.75) is 18.9 Å². The van der Waals surface area contributed by atoms with E-state index in [-0.39, 0.29) is 35.7 Å². The molecular weight excluding hydrogens is 349 g/mol. The molecule has 1 amide bonds. The monoisotopic (exact) mass is 365 g/mol. The zero-order valence-corrected chi connectivity index (χ0v) is 14.0. The first-order valence-electron chi connectivity index (χ1n) is 7.58. The average Bonchev–Trinajstić information content (AvgIpc) is 3.11. The summed E-state index contributed by atoms with van der Waals surface area (Å²) in [6, 6.07) is 7.00. The molecule has 1 atom stereocenters. The highest BCUT2D eigenvalue weighted by molar-refractivity contribution is 5.94. The minimum Gasteiger partial charge on any atom is -0.478 e. The summed E-state index contributed by atoms with van der Waals surface area (Å²) >= 11 is 0. The summed E-state index contributed by atoms with van der Waals surface area (Å²) in [7, 11) is 0. The number of nitrogens with one attached hydrogen (secondary N) is 2. The number of benzene rings is 1. The van der Waals surface area contributed by atoms with E-state index in [2.05, 4.69) is 15.6 Å². The van der Waals surface area contributed by atoms with E-state index in [1.807, 2.05) is 0 Å². The van der Waals surface area contributed by atoms with Gasteiger partial charge in [-0.25, -0.2) is 14.2 Å². The standard InChI is InChI=1S/C17H16FN3O3.ClH/c18-13-8-12(10-3-5-11(6-4-10)17(23)24)9-20-15(13)21-16(22)14-2-1-7-19-14;/h3-6,8-9,14,19H,1-2,7H2,(H,23,24)(H,20,21,22);1H/t14-;/m1./s1. The number of hydrogen-bond acceptors (Lipinski definition) is 4. The number of rotatable bonds is 4. The van der Waals surface area contributed by atoms with E-state index in [0.717, 1.165) is 19.4 Å². The molecule has 1 aromatic heterocycles. The molecule has 3 N–H and O–H groups in total. The molecule has 1 fully saturated rings. The van der Waals surface area contributed by atoms with Crippen LogP contribution in [0.15, 0.2) is 36.5 Å². The highest BCUT2D eigenvalue weighted by atomic mass is 35.5. The van der Waals surface area contributed by atoms with Gasteiger partial charge in [-0.3, -0.25) is 4.79 Å². The number of aromatic carboxylic acids is 1. The molecule has 0 saturated carbocycles. The first kappa shape index (κ1) is 18.8. The van der Waals surface area contributed by atoms with E-state index in [1.54, 1.807) is 12.1 Å². The predicted molar refractivity (Wildman–Crippen MR) is 93.5 cm³/mol. The molecule has 8 heteroatoms. The quantitative estimate of drug-likeness (QED) is 0.775. The molecule has 1 aliphatic heterocycles. The van der Waals surface area contributed by atoms with Crippen LogP contribution >= 0.6 is 12.4 Å². The zero-order chi connectivity index (χ0) is 17.1. The number of carboxylic acids is 1. The van der Waals surface area contributed by atoms with Crippen LogP contribution in [-0.2, 0) is 4.79 Å². The molecule has 3 rings (SSSR count). The van der Waals surface area contributed by atoms with Gasteiger partial charge < -0.3 is 15.7 Å². The van der Waals surface area contributed by atoms with Crippen LogP contribution in [0.4, 0.5) is 10.2 Å². The van der Waals surface area contributed by atoms with Gasteiger partial charge in [-0.1, -0.05) is 12.1 Å². The van der Waals surface area contributed by atoms with Gasteiger partial charge in [0, 0.05) is 11.8 Å². The summed E-state index contributed by atoms with van der Waals surface area (Å²) in [5.74, 6) is -2.07. The minimum absolute atomic E-state index is 0. The van der Waals surface area contributed by atoms with Gasteiger partial charge in [-0.2, -0.15) is 0 Å². The lowest BCUT2D eigenvalue weighted by Gasteiger charge is -2.11. The molecule has 0 spiro atoms. The summed E-state index contributed by atoms with van der Waals surface area (Å²) in [4.78, 5) is 26.8. The van der Waals surface area contributed by atoms with Crippen molar-refractivity contribution in [1.29, 1.82) is 0 Å². The Morgan fingerprint density at radius 2 is 1.96 bits per heavy atom. The van der Waals surface area contributed by atoms with E-state index in [9.17, 15) is 14.0 Å². The van der Waals surface area contributed by atoms with Crippen molar-refractivity contribution in [3.8, 4) is 11.1 Å². The molecule has 0 radical (unpaired) electrons. The summed E-state index contributed by atoms with van der Waals surface area (Å²) in [6.45, 7) is 0.777. The van der Waals surface area contributed by atoms with Crippen molar-refractivity contribution >= 4 is 30.1 Å². The molecule has 0 bridgehead atoms. The van der Waals surface area contributed by atoms with Gasteiger partial charge in [-0.15, -0.1) is 12.4 Å². The van der Waals surface area contributed by atoms with Gasteiger partial charge in [0.15, 0.2) is 11.6 Å². The van der Waals surface area contributed by atoms with Crippen LogP contribution in [0.25, 0.3) is 11.1 Å². The first-order valence-corrected chi connectivity index (χ1v) is 7.58. The number of carboxylic acid groups (broad SMARTS) is 1. The smallest absolute Gasteiger partial charge is 0.335 e.